The van der Waals surface area contributed by atoms with Crippen molar-refractivity contribution in [1.82, 2.24) is 14.5 Å². The molecule has 0 aliphatic carbocycles. The highest BCUT2D eigenvalue weighted by Gasteiger charge is 2.15. The van der Waals surface area contributed by atoms with Crippen LogP contribution in [-0.2, 0) is 7.05 Å². The van der Waals surface area contributed by atoms with Gasteiger partial charge in [0.2, 0.25) is 5.95 Å². The summed E-state index contributed by atoms with van der Waals surface area (Å²) in [6.45, 7) is 1.85. The van der Waals surface area contributed by atoms with E-state index in [-0.39, 0.29) is 10.6 Å². The number of thiazole rings is 1. The fourth-order valence-electron chi connectivity index (χ4n) is 2.55. The topological polar surface area (TPSA) is 106 Å². The number of nitrogens with one attached hydrogen (secondary N) is 1. The molecule has 0 saturated heterocycles. The molecular weight excluding hydrogens is 368 g/mol. The quantitative estimate of drug-likeness (QED) is 0.531. The van der Waals surface area contributed by atoms with Crippen molar-refractivity contribution in [3.8, 4) is 10.6 Å². The average Bonchev–Trinajstić information content (AvgIpc) is 2.89. The number of nitro benzene ring substituents is 1. The molecule has 0 amide bonds. The summed E-state index contributed by atoms with van der Waals surface area (Å²) < 4.78 is 1.57. The van der Waals surface area contributed by atoms with E-state index in [0.29, 0.717) is 17.3 Å². The van der Waals surface area contributed by atoms with E-state index in [4.69, 9.17) is 0 Å². The minimum absolute atomic E-state index is 0.0311. The minimum Gasteiger partial charge on any atom is -0.376 e. The maximum atomic E-state index is 11.9. The van der Waals surface area contributed by atoms with Crippen molar-refractivity contribution in [3.05, 3.63) is 55.9 Å². The molecule has 0 fully saturated rings. The SMILES string of the molecule is Cc1c(-c2ccnc(Nc3cc([N+](=O)[O-])ccc3N(C)C)n2)sc(=O)n1C. The maximum Gasteiger partial charge on any atom is 0.307 e. The lowest BCUT2D eigenvalue weighted by molar-refractivity contribution is -0.384. The average molecular weight is 386 g/mol. The Labute approximate surface area is 159 Å². The van der Waals surface area contributed by atoms with Gasteiger partial charge in [0.1, 0.15) is 0 Å². The van der Waals surface area contributed by atoms with Gasteiger partial charge in [0.25, 0.3) is 5.69 Å². The molecule has 27 heavy (non-hydrogen) atoms. The molecule has 0 radical (unpaired) electrons. The van der Waals surface area contributed by atoms with Crippen LogP contribution in [0.25, 0.3) is 10.6 Å². The third kappa shape index (κ3) is 3.65. The van der Waals surface area contributed by atoms with Gasteiger partial charge in [-0.1, -0.05) is 11.3 Å². The van der Waals surface area contributed by atoms with Crippen LogP contribution in [0.5, 0.6) is 0 Å². The first-order valence-corrected chi connectivity index (χ1v) is 8.82. The van der Waals surface area contributed by atoms with Gasteiger partial charge >= 0.3 is 4.87 Å². The summed E-state index contributed by atoms with van der Waals surface area (Å²) in [5.41, 5.74) is 2.68. The summed E-state index contributed by atoms with van der Waals surface area (Å²) >= 11 is 1.12. The molecule has 2 heterocycles. The van der Waals surface area contributed by atoms with Crippen molar-refractivity contribution >= 4 is 34.3 Å². The van der Waals surface area contributed by atoms with Crippen molar-refractivity contribution in [2.45, 2.75) is 6.92 Å². The molecule has 0 aliphatic heterocycles. The Morgan fingerprint density at radius 1 is 1.30 bits per heavy atom. The van der Waals surface area contributed by atoms with E-state index in [1.54, 1.807) is 29.9 Å². The smallest absolute Gasteiger partial charge is 0.307 e. The normalized spacial score (nSPS) is 10.7. The van der Waals surface area contributed by atoms with Gasteiger partial charge in [-0.05, 0) is 19.1 Å². The predicted octanol–water partition coefficient (Wildman–Crippen LogP) is 2.93. The molecule has 0 bridgehead atoms. The lowest BCUT2D eigenvalue weighted by atomic mass is 10.2. The second-order valence-electron chi connectivity index (χ2n) is 6.08. The summed E-state index contributed by atoms with van der Waals surface area (Å²) in [7, 11) is 5.40. The molecule has 1 aromatic carbocycles. The Balaban J connectivity index is 2.02. The summed E-state index contributed by atoms with van der Waals surface area (Å²) in [6.07, 6.45) is 1.58. The second kappa shape index (κ2) is 7.16. The van der Waals surface area contributed by atoms with Crippen molar-refractivity contribution in [2.75, 3.05) is 24.3 Å². The molecule has 1 N–H and O–H groups in total. The molecule has 3 aromatic rings. The van der Waals surface area contributed by atoms with Gasteiger partial charge < -0.3 is 14.8 Å². The molecule has 3 rings (SSSR count). The third-order valence-electron chi connectivity index (χ3n) is 4.10. The van der Waals surface area contributed by atoms with Crippen LogP contribution < -0.4 is 15.1 Å². The standard InChI is InChI=1S/C17H18N6O3S/c1-10-15(27-17(24)22(10)4)12-7-8-18-16(19-12)20-13-9-11(23(25)26)5-6-14(13)21(2)3/h5-9H,1-4H3,(H,18,19,20). The molecule has 140 valence electrons. The van der Waals surface area contributed by atoms with Crippen LogP contribution in [0.3, 0.4) is 0 Å². The highest BCUT2D eigenvalue weighted by atomic mass is 32.1. The highest BCUT2D eigenvalue weighted by Crippen LogP contribution is 2.31. The molecular formula is C17H18N6O3S. The molecule has 0 spiro atoms. The van der Waals surface area contributed by atoms with Crippen LogP contribution in [-0.4, -0.2) is 33.6 Å². The monoisotopic (exact) mass is 386 g/mol. The predicted molar refractivity (Wildman–Crippen MR) is 106 cm³/mol. The number of hydrogen-bond donors (Lipinski definition) is 1. The summed E-state index contributed by atoms with van der Waals surface area (Å²) in [5, 5.41) is 14.2. The van der Waals surface area contributed by atoms with E-state index in [1.807, 2.05) is 25.9 Å². The van der Waals surface area contributed by atoms with Gasteiger partial charge in [0.15, 0.2) is 0 Å². The number of nitrogens with zero attached hydrogens (tertiary/aromatic N) is 5. The minimum atomic E-state index is -0.452. The van der Waals surface area contributed by atoms with Crippen LogP contribution in [0.15, 0.2) is 35.3 Å². The van der Waals surface area contributed by atoms with Crippen molar-refractivity contribution in [3.63, 3.8) is 0 Å². The van der Waals surface area contributed by atoms with E-state index < -0.39 is 4.92 Å². The number of nitro groups is 1. The molecule has 0 atom stereocenters. The fraction of sp³-hybridized carbons (Fsp3) is 0.235. The molecule has 9 nitrogen and oxygen atoms in total. The first kappa shape index (κ1) is 18.5. The van der Waals surface area contributed by atoms with E-state index in [0.717, 1.165) is 27.6 Å². The zero-order chi connectivity index (χ0) is 19.7. The van der Waals surface area contributed by atoms with E-state index >= 15 is 0 Å². The Hall–Kier alpha value is -3.27. The Kier molecular flexibility index (Phi) is 4.91. The largest absolute Gasteiger partial charge is 0.376 e. The Morgan fingerprint density at radius 3 is 2.63 bits per heavy atom. The van der Waals surface area contributed by atoms with Crippen LogP contribution in [0.1, 0.15) is 5.69 Å². The van der Waals surface area contributed by atoms with Crippen LogP contribution in [0, 0.1) is 17.0 Å². The van der Waals surface area contributed by atoms with Crippen LogP contribution in [0.4, 0.5) is 23.0 Å². The van der Waals surface area contributed by atoms with Gasteiger partial charge in [-0.15, -0.1) is 0 Å². The first-order chi connectivity index (χ1) is 12.8. The number of aromatic nitrogens is 3. The lowest BCUT2D eigenvalue weighted by Crippen LogP contribution is -2.12. The Bertz CT molecular complexity index is 1070. The molecule has 0 saturated carbocycles. The zero-order valence-electron chi connectivity index (χ0n) is 15.3. The number of non-ortho nitro benzene ring substituents is 1. The van der Waals surface area contributed by atoms with Gasteiger partial charge in [0, 0.05) is 45.2 Å². The number of anilines is 3. The zero-order valence-corrected chi connectivity index (χ0v) is 16.1. The van der Waals surface area contributed by atoms with Gasteiger partial charge in [-0.3, -0.25) is 14.9 Å². The number of rotatable bonds is 5. The number of hydrogen-bond acceptors (Lipinski definition) is 8. The van der Waals surface area contributed by atoms with Crippen molar-refractivity contribution in [1.29, 1.82) is 0 Å². The molecule has 0 aliphatic rings. The first-order valence-electron chi connectivity index (χ1n) is 8.00. The lowest BCUT2D eigenvalue weighted by Gasteiger charge is -2.17. The van der Waals surface area contributed by atoms with Crippen molar-refractivity contribution < 1.29 is 4.92 Å². The molecule has 10 heteroatoms. The van der Waals surface area contributed by atoms with Crippen molar-refractivity contribution in [2.24, 2.45) is 7.05 Å². The summed E-state index contributed by atoms with van der Waals surface area (Å²) in [4.78, 5) is 33.7. The second-order valence-corrected chi connectivity index (χ2v) is 7.05. The van der Waals surface area contributed by atoms with E-state index in [2.05, 4.69) is 15.3 Å². The van der Waals surface area contributed by atoms with Crippen LogP contribution >= 0.6 is 11.3 Å². The third-order valence-corrected chi connectivity index (χ3v) is 5.26. The molecule has 0 unspecified atom stereocenters. The highest BCUT2D eigenvalue weighted by molar-refractivity contribution is 7.13. The molecule has 2 aromatic heterocycles. The van der Waals surface area contributed by atoms with Crippen LogP contribution in [0.2, 0.25) is 0 Å². The maximum absolute atomic E-state index is 11.9. The van der Waals surface area contributed by atoms with E-state index in [1.165, 1.54) is 12.1 Å². The fourth-order valence-corrected chi connectivity index (χ4v) is 3.50. The summed E-state index contributed by atoms with van der Waals surface area (Å²) in [6, 6.07) is 6.28. The summed E-state index contributed by atoms with van der Waals surface area (Å²) in [5.74, 6) is 0.291. The van der Waals surface area contributed by atoms with Gasteiger partial charge in [-0.2, -0.15) is 0 Å². The van der Waals surface area contributed by atoms with Gasteiger partial charge in [0.05, 0.1) is 26.9 Å². The Morgan fingerprint density at radius 2 is 2.04 bits per heavy atom. The number of benzene rings is 1. The van der Waals surface area contributed by atoms with E-state index in [9.17, 15) is 14.9 Å². The van der Waals surface area contributed by atoms with Gasteiger partial charge in [-0.25, -0.2) is 9.97 Å².